The molecule has 0 saturated carbocycles. The van der Waals surface area contributed by atoms with Crippen LogP contribution in [0.3, 0.4) is 0 Å². The molecule has 0 spiro atoms. The molecule has 2 aliphatic heterocycles. The number of rotatable bonds is 3. The summed E-state index contributed by atoms with van der Waals surface area (Å²) in [5.41, 5.74) is 10.4. The molecule has 1 atom stereocenters. The van der Waals surface area contributed by atoms with Crippen LogP contribution in [0.1, 0.15) is 31.0 Å². The molecule has 6 aromatic rings. The molecule has 1 unspecified atom stereocenters. The minimum Gasteiger partial charge on any atom is -0.313 e. The van der Waals surface area contributed by atoms with Crippen LogP contribution in [0.2, 0.25) is 6.04 Å². The van der Waals surface area contributed by atoms with Crippen molar-refractivity contribution in [1.82, 2.24) is 4.57 Å². The number of aryl methyl sites for hydroxylation is 1. The second-order valence-electron chi connectivity index (χ2n) is 12.2. The largest absolute Gasteiger partial charge is 0.313 e. The lowest BCUT2D eigenvalue weighted by molar-refractivity contribution is 0.667. The molecule has 42 heavy (non-hydrogen) atoms. The van der Waals surface area contributed by atoms with Gasteiger partial charge < -0.3 is 4.57 Å². The molecule has 0 fully saturated rings. The van der Waals surface area contributed by atoms with E-state index in [0.29, 0.717) is 0 Å². The Balaban J connectivity index is 1.42. The number of aromatic nitrogens is 1. The SMILES string of the molecule is CC[Si]1(c2ccccc2)c2ccccc2B2c3ccccc3Sc3cc(-n4c5c(c6ccccc64)CCCC5)cc1c32. The predicted molar refractivity (Wildman–Crippen MR) is 183 cm³/mol. The molecule has 3 heterocycles. The van der Waals surface area contributed by atoms with Crippen LogP contribution in [-0.2, 0) is 12.8 Å². The Bertz CT molecular complexity index is 2030. The van der Waals surface area contributed by atoms with Gasteiger partial charge in [0.2, 0.25) is 6.71 Å². The molecular formula is C38H32BNSSi. The standard InChI is InChI=1S/C38H32BNSSi/c1-2-42(27-14-4-3-5-15-27)36-23-13-9-19-31(36)39-30-18-8-12-22-34(30)41-35-24-26(25-37(42)38(35)39)40-32-20-10-6-16-28(32)29-17-7-11-21-33(29)40/h3-6,8-10,12-16,18-20,22-25H,2,7,11,17,21H2,1H3. The van der Waals surface area contributed by atoms with E-state index in [0.717, 1.165) is 12.5 Å². The van der Waals surface area contributed by atoms with Crippen LogP contribution in [0.4, 0.5) is 0 Å². The molecule has 0 N–H and O–H groups in total. The normalized spacial score (nSPS) is 18.3. The van der Waals surface area contributed by atoms with Crippen molar-refractivity contribution in [2.45, 2.75) is 48.4 Å². The Hall–Kier alpha value is -3.73. The Labute approximate surface area is 253 Å². The lowest BCUT2D eigenvalue weighted by Crippen LogP contribution is -2.83. The Morgan fingerprint density at radius 2 is 1.45 bits per heavy atom. The van der Waals surface area contributed by atoms with Crippen molar-refractivity contribution in [1.29, 1.82) is 0 Å². The molecule has 0 amide bonds. The molecule has 0 saturated heterocycles. The van der Waals surface area contributed by atoms with Gasteiger partial charge in [-0.15, -0.1) is 0 Å². The van der Waals surface area contributed by atoms with Crippen LogP contribution in [-0.4, -0.2) is 19.4 Å². The summed E-state index contributed by atoms with van der Waals surface area (Å²) in [6.07, 6.45) is 4.92. The third kappa shape index (κ3) is 3.28. The zero-order valence-electron chi connectivity index (χ0n) is 23.9. The Morgan fingerprint density at radius 1 is 0.714 bits per heavy atom. The first-order valence-electron chi connectivity index (χ1n) is 15.5. The zero-order valence-corrected chi connectivity index (χ0v) is 25.8. The van der Waals surface area contributed by atoms with E-state index in [1.807, 2.05) is 11.8 Å². The van der Waals surface area contributed by atoms with Gasteiger partial charge in [0.1, 0.15) is 8.07 Å². The van der Waals surface area contributed by atoms with Crippen molar-refractivity contribution in [2.24, 2.45) is 0 Å². The summed E-state index contributed by atoms with van der Waals surface area (Å²) in [5.74, 6) is 0. The maximum absolute atomic E-state index is 2.65. The van der Waals surface area contributed by atoms with E-state index in [4.69, 9.17) is 0 Å². The smallest absolute Gasteiger partial charge is 0.243 e. The number of hydrogen-bond acceptors (Lipinski definition) is 1. The molecule has 0 radical (unpaired) electrons. The highest BCUT2D eigenvalue weighted by atomic mass is 32.2. The first kappa shape index (κ1) is 24.8. The second kappa shape index (κ2) is 9.39. The van der Waals surface area contributed by atoms with Crippen LogP contribution in [0, 0.1) is 0 Å². The lowest BCUT2D eigenvalue weighted by atomic mass is 9.36. The highest BCUT2D eigenvalue weighted by molar-refractivity contribution is 8.00. The third-order valence-corrected chi connectivity index (χ3v) is 16.5. The number of benzene rings is 5. The monoisotopic (exact) mass is 573 g/mol. The van der Waals surface area contributed by atoms with Crippen molar-refractivity contribution < 1.29 is 0 Å². The van der Waals surface area contributed by atoms with Gasteiger partial charge in [0.25, 0.3) is 0 Å². The van der Waals surface area contributed by atoms with E-state index < -0.39 is 8.07 Å². The first-order chi connectivity index (χ1) is 20.8. The molecule has 1 aromatic heterocycles. The van der Waals surface area contributed by atoms with Crippen molar-refractivity contribution in [2.75, 3.05) is 0 Å². The molecule has 4 heteroatoms. The highest BCUT2D eigenvalue weighted by Gasteiger charge is 2.50. The number of para-hydroxylation sites is 1. The molecule has 1 nitrogen and oxygen atoms in total. The highest BCUT2D eigenvalue weighted by Crippen LogP contribution is 2.37. The molecular weight excluding hydrogens is 541 g/mol. The van der Waals surface area contributed by atoms with E-state index in [-0.39, 0.29) is 6.71 Å². The molecule has 5 aromatic carbocycles. The predicted octanol–water partition coefficient (Wildman–Crippen LogP) is 5.29. The summed E-state index contributed by atoms with van der Waals surface area (Å²) in [7, 11) is -2.32. The summed E-state index contributed by atoms with van der Waals surface area (Å²) in [4.78, 5) is 2.85. The van der Waals surface area contributed by atoms with Gasteiger partial charge in [0.15, 0.2) is 0 Å². The van der Waals surface area contributed by atoms with Gasteiger partial charge in [-0.25, -0.2) is 0 Å². The van der Waals surface area contributed by atoms with Crippen LogP contribution in [0.15, 0.2) is 125 Å². The first-order valence-corrected chi connectivity index (χ1v) is 18.5. The van der Waals surface area contributed by atoms with Gasteiger partial charge in [-0.3, -0.25) is 0 Å². The van der Waals surface area contributed by atoms with Gasteiger partial charge in [-0.05, 0) is 66.7 Å². The summed E-state index contributed by atoms with van der Waals surface area (Å²) in [5, 5.41) is 6.19. The molecule has 9 rings (SSSR count). The second-order valence-corrected chi connectivity index (χ2v) is 17.4. The van der Waals surface area contributed by atoms with Crippen molar-refractivity contribution in [3.8, 4) is 5.69 Å². The van der Waals surface area contributed by atoms with E-state index >= 15 is 0 Å². The number of fused-ring (bicyclic) bond motifs is 7. The number of nitrogens with zero attached hydrogens (tertiary/aromatic N) is 1. The summed E-state index contributed by atoms with van der Waals surface area (Å²) >= 11 is 1.99. The van der Waals surface area contributed by atoms with E-state index in [1.54, 1.807) is 21.4 Å². The maximum Gasteiger partial charge on any atom is 0.243 e. The average molecular weight is 574 g/mol. The minimum absolute atomic E-state index is 0.281. The molecule has 3 aliphatic rings. The Morgan fingerprint density at radius 3 is 2.33 bits per heavy atom. The van der Waals surface area contributed by atoms with E-state index in [9.17, 15) is 0 Å². The van der Waals surface area contributed by atoms with Crippen LogP contribution in [0.5, 0.6) is 0 Å². The van der Waals surface area contributed by atoms with Crippen molar-refractivity contribution in [3.63, 3.8) is 0 Å². The molecule has 0 bridgehead atoms. The maximum atomic E-state index is 2.65. The van der Waals surface area contributed by atoms with Gasteiger partial charge in [-0.2, -0.15) is 0 Å². The molecule has 1 aliphatic carbocycles. The van der Waals surface area contributed by atoms with E-state index in [2.05, 4.69) is 127 Å². The summed E-state index contributed by atoms with van der Waals surface area (Å²) < 4.78 is 2.65. The van der Waals surface area contributed by atoms with Crippen LogP contribution < -0.4 is 31.9 Å². The van der Waals surface area contributed by atoms with Crippen molar-refractivity contribution >= 4 is 69.4 Å². The van der Waals surface area contributed by atoms with Crippen LogP contribution in [0.25, 0.3) is 16.6 Å². The third-order valence-electron chi connectivity index (χ3n) is 10.3. The zero-order chi connectivity index (χ0) is 27.8. The van der Waals surface area contributed by atoms with Gasteiger partial charge in [0.05, 0.1) is 5.52 Å². The fraction of sp³-hybridized carbons (Fsp3) is 0.158. The summed E-state index contributed by atoms with van der Waals surface area (Å²) in [6, 6.07) is 45.6. The number of hydrogen-bond donors (Lipinski definition) is 0. The van der Waals surface area contributed by atoms with Gasteiger partial charge >= 0.3 is 0 Å². The van der Waals surface area contributed by atoms with Gasteiger partial charge in [-0.1, -0.05) is 136 Å². The minimum atomic E-state index is -2.32. The van der Waals surface area contributed by atoms with Crippen LogP contribution >= 0.6 is 11.8 Å². The Kier molecular flexibility index (Phi) is 5.55. The fourth-order valence-corrected chi connectivity index (χ4v) is 15.0. The average Bonchev–Trinajstić information content (AvgIpc) is 3.39. The quantitative estimate of drug-likeness (QED) is 0.260. The van der Waals surface area contributed by atoms with E-state index in [1.165, 1.54) is 67.5 Å². The lowest BCUT2D eigenvalue weighted by Gasteiger charge is -2.44. The molecule has 202 valence electrons. The fourth-order valence-electron chi connectivity index (χ4n) is 8.58. The van der Waals surface area contributed by atoms with Gasteiger partial charge in [0, 0.05) is 26.6 Å². The van der Waals surface area contributed by atoms with Crippen molar-refractivity contribution in [3.05, 3.63) is 127 Å². The topological polar surface area (TPSA) is 4.93 Å². The summed E-state index contributed by atoms with van der Waals surface area (Å²) in [6.45, 7) is 2.73.